The minimum atomic E-state index is 0.386. The number of aryl methyl sites for hydroxylation is 1. The number of ether oxygens (including phenoxy) is 5. The van der Waals surface area contributed by atoms with Gasteiger partial charge in [0.05, 0.1) is 21.3 Å². The Morgan fingerprint density at radius 1 is 0.839 bits per heavy atom. The van der Waals surface area contributed by atoms with Gasteiger partial charge in [-0.1, -0.05) is 25.7 Å². The first kappa shape index (κ1) is 23.9. The maximum atomic E-state index is 6.06. The van der Waals surface area contributed by atoms with Crippen molar-refractivity contribution in [2.75, 3.05) is 27.9 Å². The molecule has 0 aromatic heterocycles. The Morgan fingerprint density at radius 2 is 1.42 bits per heavy atom. The normalized spacial score (nSPS) is 11.3. The topological polar surface area (TPSA) is 46.2 Å². The second kappa shape index (κ2) is 12.4. The van der Waals surface area contributed by atoms with Crippen LogP contribution in [-0.4, -0.2) is 27.9 Å². The maximum Gasteiger partial charge on any atom is 0.123 e. The first-order chi connectivity index (χ1) is 15.0. The predicted octanol–water partition coefficient (Wildman–Crippen LogP) is 5.89. The molecule has 0 spiro atoms. The highest BCUT2D eigenvalue weighted by atomic mass is 16.5. The van der Waals surface area contributed by atoms with Gasteiger partial charge in [-0.15, -0.1) is 0 Å². The van der Waals surface area contributed by atoms with Gasteiger partial charge >= 0.3 is 0 Å². The molecule has 31 heavy (non-hydrogen) atoms. The van der Waals surface area contributed by atoms with Crippen LogP contribution in [0.2, 0.25) is 0 Å². The molecule has 5 nitrogen and oxygen atoms in total. The second-order valence-corrected chi connectivity index (χ2v) is 6.85. The van der Waals surface area contributed by atoms with Gasteiger partial charge in [-0.2, -0.15) is 0 Å². The van der Waals surface area contributed by atoms with Gasteiger partial charge in [-0.3, -0.25) is 0 Å². The van der Waals surface area contributed by atoms with Gasteiger partial charge < -0.3 is 23.7 Å². The molecule has 0 N–H and O–H groups in total. The maximum absolute atomic E-state index is 6.06. The molecule has 0 saturated carbocycles. The molecule has 0 fully saturated rings. The van der Waals surface area contributed by atoms with Crippen LogP contribution in [0.5, 0.6) is 23.0 Å². The third-order valence-corrected chi connectivity index (χ3v) is 4.56. The number of hydrogen-bond acceptors (Lipinski definition) is 5. The summed E-state index contributed by atoms with van der Waals surface area (Å²) in [4.78, 5) is 0. The van der Waals surface area contributed by atoms with Crippen LogP contribution < -0.4 is 18.9 Å². The highest BCUT2D eigenvalue weighted by Gasteiger charge is 2.07. The minimum Gasteiger partial charge on any atom is -0.497 e. The van der Waals surface area contributed by atoms with Crippen LogP contribution in [0.3, 0.4) is 0 Å². The molecule has 0 radical (unpaired) electrons. The molecular weight excluding hydrogens is 392 g/mol. The molecule has 0 aliphatic heterocycles. The van der Waals surface area contributed by atoms with Gasteiger partial charge in [0, 0.05) is 12.1 Å². The van der Waals surface area contributed by atoms with E-state index in [2.05, 4.69) is 13.5 Å². The third-order valence-electron chi connectivity index (χ3n) is 4.56. The lowest BCUT2D eigenvalue weighted by Gasteiger charge is -2.13. The molecule has 0 aliphatic carbocycles. The third kappa shape index (κ3) is 7.78. The molecule has 0 heterocycles. The summed E-state index contributed by atoms with van der Waals surface area (Å²) in [6.07, 6.45) is 6.66. The van der Waals surface area contributed by atoms with Crippen LogP contribution >= 0.6 is 0 Å². The van der Waals surface area contributed by atoms with Crippen LogP contribution in [0.15, 0.2) is 72.5 Å². The monoisotopic (exact) mass is 424 g/mol. The highest BCUT2D eigenvalue weighted by molar-refractivity contribution is 5.41. The van der Waals surface area contributed by atoms with E-state index in [0.29, 0.717) is 19.0 Å². The summed E-state index contributed by atoms with van der Waals surface area (Å²) < 4.78 is 27.9. The Labute approximate surface area is 185 Å². The Balaban J connectivity index is 2.15. The molecule has 5 heteroatoms. The second-order valence-electron chi connectivity index (χ2n) is 6.85. The van der Waals surface area contributed by atoms with Crippen molar-refractivity contribution in [1.82, 2.24) is 0 Å². The number of methoxy groups -OCH3 is 3. The molecular formula is C26H32O5. The van der Waals surface area contributed by atoms with Crippen molar-refractivity contribution in [3.05, 3.63) is 83.7 Å². The molecule has 2 aromatic carbocycles. The SMILES string of the molecule is C=C(/C=C(\C=C/C)COc1cc(CC)cc(OCc2cc(OC)cc(OC)c2)c1)OC. The molecule has 2 aromatic rings. The zero-order valence-corrected chi connectivity index (χ0v) is 19.1. The van der Waals surface area contributed by atoms with Gasteiger partial charge in [0.25, 0.3) is 0 Å². The van der Waals surface area contributed by atoms with Crippen molar-refractivity contribution >= 4 is 0 Å². The zero-order chi connectivity index (χ0) is 22.6. The summed E-state index contributed by atoms with van der Waals surface area (Å²) in [5, 5.41) is 0. The van der Waals surface area contributed by atoms with E-state index in [9.17, 15) is 0 Å². The molecule has 0 aliphatic rings. The number of benzene rings is 2. The largest absolute Gasteiger partial charge is 0.497 e. The highest BCUT2D eigenvalue weighted by Crippen LogP contribution is 2.27. The van der Waals surface area contributed by atoms with Gasteiger partial charge in [-0.05, 0) is 60.4 Å². The van der Waals surface area contributed by atoms with E-state index in [-0.39, 0.29) is 0 Å². The van der Waals surface area contributed by atoms with Gasteiger partial charge in [0.15, 0.2) is 0 Å². The fourth-order valence-corrected chi connectivity index (χ4v) is 2.90. The lowest BCUT2D eigenvalue weighted by Crippen LogP contribution is -2.02. The Morgan fingerprint density at radius 3 is 1.97 bits per heavy atom. The van der Waals surface area contributed by atoms with E-state index < -0.39 is 0 Å². The molecule has 0 saturated heterocycles. The van der Waals surface area contributed by atoms with Gasteiger partial charge in [-0.25, -0.2) is 0 Å². The van der Waals surface area contributed by atoms with Crippen molar-refractivity contribution in [3.8, 4) is 23.0 Å². The van der Waals surface area contributed by atoms with Crippen molar-refractivity contribution in [3.63, 3.8) is 0 Å². The van der Waals surface area contributed by atoms with Gasteiger partial charge in [0.2, 0.25) is 0 Å². The summed E-state index contributed by atoms with van der Waals surface area (Å²) in [5.41, 5.74) is 3.05. The van der Waals surface area contributed by atoms with Crippen LogP contribution in [0.1, 0.15) is 25.0 Å². The van der Waals surface area contributed by atoms with E-state index in [0.717, 1.165) is 46.1 Å². The van der Waals surface area contributed by atoms with Crippen LogP contribution in [0.25, 0.3) is 0 Å². The Kier molecular flexibility index (Phi) is 9.56. The lowest BCUT2D eigenvalue weighted by molar-refractivity contribution is 0.297. The van der Waals surface area contributed by atoms with Crippen molar-refractivity contribution in [1.29, 1.82) is 0 Å². The van der Waals surface area contributed by atoms with Crippen molar-refractivity contribution < 1.29 is 23.7 Å². The summed E-state index contributed by atoms with van der Waals surface area (Å²) in [5.74, 6) is 3.53. The van der Waals surface area contributed by atoms with Crippen LogP contribution in [0, 0.1) is 0 Å². The number of allylic oxidation sites excluding steroid dienone is 2. The number of hydrogen-bond donors (Lipinski definition) is 0. The lowest BCUT2D eigenvalue weighted by atomic mass is 10.1. The summed E-state index contributed by atoms with van der Waals surface area (Å²) >= 11 is 0. The average Bonchev–Trinajstić information content (AvgIpc) is 2.80. The molecule has 0 amide bonds. The Bertz CT molecular complexity index is 905. The van der Waals surface area contributed by atoms with E-state index in [1.165, 1.54) is 0 Å². The van der Waals surface area contributed by atoms with Crippen LogP contribution in [0.4, 0.5) is 0 Å². The Hall–Kier alpha value is -3.34. The van der Waals surface area contributed by atoms with E-state index in [4.69, 9.17) is 23.7 Å². The fraction of sp³-hybridized carbons (Fsp3) is 0.308. The first-order valence-electron chi connectivity index (χ1n) is 10.2. The molecule has 2 rings (SSSR count). The molecule has 0 atom stereocenters. The summed E-state index contributed by atoms with van der Waals surface area (Å²) in [7, 11) is 4.86. The number of rotatable bonds is 12. The van der Waals surface area contributed by atoms with Crippen LogP contribution in [-0.2, 0) is 17.8 Å². The summed E-state index contributed by atoms with van der Waals surface area (Å²) in [6.45, 7) is 8.68. The minimum absolute atomic E-state index is 0.386. The van der Waals surface area contributed by atoms with E-state index in [1.54, 1.807) is 21.3 Å². The van der Waals surface area contributed by atoms with Gasteiger partial charge in [0.1, 0.15) is 42.0 Å². The van der Waals surface area contributed by atoms with E-state index >= 15 is 0 Å². The smallest absolute Gasteiger partial charge is 0.123 e. The molecule has 0 bridgehead atoms. The molecule has 166 valence electrons. The zero-order valence-electron chi connectivity index (χ0n) is 19.1. The average molecular weight is 425 g/mol. The molecule has 0 unspecified atom stereocenters. The van der Waals surface area contributed by atoms with Crippen molar-refractivity contribution in [2.45, 2.75) is 26.9 Å². The van der Waals surface area contributed by atoms with E-state index in [1.807, 2.05) is 61.5 Å². The standard InChI is InChI=1S/C26H32O5/c1-7-9-21(10-19(3)27-4)17-30-25-11-20(8-2)12-26(16-25)31-18-22-13-23(28-5)15-24(14-22)29-6/h7,9-16H,3,8,17-18H2,1-2,4-6H3/b9-7-,21-10+. The fourth-order valence-electron chi connectivity index (χ4n) is 2.90. The predicted molar refractivity (Wildman–Crippen MR) is 124 cm³/mol. The summed E-state index contributed by atoms with van der Waals surface area (Å²) in [6, 6.07) is 11.6. The first-order valence-corrected chi connectivity index (χ1v) is 10.2. The quantitative estimate of drug-likeness (QED) is 0.314. The van der Waals surface area contributed by atoms with Crippen molar-refractivity contribution in [2.24, 2.45) is 0 Å².